The summed E-state index contributed by atoms with van der Waals surface area (Å²) in [6, 6.07) is 7.04. The Labute approximate surface area is 93.5 Å². The molecule has 0 aliphatic carbocycles. The van der Waals surface area contributed by atoms with E-state index in [0.29, 0.717) is 12.1 Å². The Bertz CT molecular complexity index is 478. The summed E-state index contributed by atoms with van der Waals surface area (Å²) >= 11 is 0. The van der Waals surface area contributed by atoms with E-state index < -0.39 is 0 Å². The zero-order valence-corrected chi connectivity index (χ0v) is 9.04. The molecule has 0 bridgehead atoms. The molecule has 2 aromatic rings. The molecule has 84 valence electrons. The third-order valence-corrected chi connectivity index (χ3v) is 2.26. The van der Waals surface area contributed by atoms with Crippen LogP contribution in [0.2, 0.25) is 0 Å². The lowest BCUT2D eigenvalue weighted by atomic mass is 10.2. The van der Waals surface area contributed by atoms with Gasteiger partial charge in [-0.25, -0.2) is 4.68 Å². The van der Waals surface area contributed by atoms with Crippen molar-refractivity contribution in [1.82, 2.24) is 15.0 Å². The van der Waals surface area contributed by atoms with Crippen molar-refractivity contribution in [2.45, 2.75) is 19.4 Å². The number of aromatic nitrogens is 3. The molecule has 5 nitrogen and oxygen atoms in total. The Hall–Kier alpha value is -1.88. The molecule has 0 radical (unpaired) electrons. The number of rotatable bonds is 3. The van der Waals surface area contributed by atoms with Gasteiger partial charge in [-0.05, 0) is 19.1 Å². The number of hydrogen-bond acceptors (Lipinski definition) is 4. The molecule has 1 atom stereocenters. The summed E-state index contributed by atoms with van der Waals surface area (Å²) in [4.78, 5) is 0. The Morgan fingerprint density at radius 1 is 1.44 bits per heavy atom. The fourth-order valence-electron chi connectivity index (χ4n) is 1.57. The van der Waals surface area contributed by atoms with Crippen molar-refractivity contribution in [3.8, 4) is 11.4 Å². The topological polar surface area (TPSA) is 77.0 Å². The molecule has 3 N–H and O–H groups in total. The Balaban J connectivity index is 2.41. The van der Waals surface area contributed by atoms with E-state index in [1.165, 1.54) is 0 Å². The number of nitrogens with two attached hydrogens (primary N) is 1. The van der Waals surface area contributed by atoms with Crippen LogP contribution in [0.5, 0.6) is 5.75 Å². The normalized spacial score (nSPS) is 12.6. The molecule has 0 amide bonds. The van der Waals surface area contributed by atoms with E-state index in [2.05, 4.69) is 10.3 Å². The molecule has 0 aliphatic heterocycles. The summed E-state index contributed by atoms with van der Waals surface area (Å²) in [6.45, 7) is 1.92. The maximum Gasteiger partial charge on any atom is 0.141 e. The van der Waals surface area contributed by atoms with Crippen LogP contribution in [-0.4, -0.2) is 26.1 Å². The lowest BCUT2D eigenvalue weighted by Gasteiger charge is -2.09. The average molecular weight is 218 g/mol. The molecule has 16 heavy (non-hydrogen) atoms. The summed E-state index contributed by atoms with van der Waals surface area (Å²) < 4.78 is 1.61. The van der Waals surface area contributed by atoms with E-state index >= 15 is 0 Å². The van der Waals surface area contributed by atoms with Crippen LogP contribution in [-0.2, 0) is 6.42 Å². The lowest BCUT2D eigenvalue weighted by Crippen LogP contribution is -2.19. The number of hydrogen-bond donors (Lipinski definition) is 2. The van der Waals surface area contributed by atoms with Gasteiger partial charge in [0.05, 0.1) is 11.9 Å². The SMILES string of the molecule is CC(N)Cc1cnnn1-c1ccccc1O. The maximum atomic E-state index is 9.72. The predicted molar refractivity (Wildman–Crippen MR) is 60.4 cm³/mol. The minimum atomic E-state index is 0.0307. The number of aromatic hydroxyl groups is 1. The van der Waals surface area contributed by atoms with Crippen molar-refractivity contribution < 1.29 is 5.11 Å². The third kappa shape index (κ3) is 2.04. The van der Waals surface area contributed by atoms with Crippen LogP contribution in [0.15, 0.2) is 30.5 Å². The minimum absolute atomic E-state index is 0.0307. The molecule has 1 unspecified atom stereocenters. The third-order valence-electron chi connectivity index (χ3n) is 2.26. The van der Waals surface area contributed by atoms with Gasteiger partial charge in [-0.15, -0.1) is 5.10 Å². The fraction of sp³-hybridized carbons (Fsp3) is 0.273. The highest BCUT2D eigenvalue weighted by atomic mass is 16.3. The van der Waals surface area contributed by atoms with Crippen LogP contribution >= 0.6 is 0 Å². The first kappa shape index (κ1) is 10.6. The van der Waals surface area contributed by atoms with Gasteiger partial charge in [-0.3, -0.25) is 0 Å². The van der Waals surface area contributed by atoms with Gasteiger partial charge in [0, 0.05) is 12.5 Å². The van der Waals surface area contributed by atoms with E-state index in [-0.39, 0.29) is 11.8 Å². The average Bonchev–Trinajstić information content (AvgIpc) is 2.66. The van der Waals surface area contributed by atoms with Crippen LogP contribution in [0, 0.1) is 0 Å². The molecule has 1 aromatic heterocycles. The first-order valence-electron chi connectivity index (χ1n) is 5.12. The highest BCUT2D eigenvalue weighted by Crippen LogP contribution is 2.21. The van der Waals surface area contributed by atoms with Crippen molar-refractivity contribution in [3.05, 3.63) is 36.2 Å². The van der Waals surface area contributed by atoms with Crippen molar-refractivity contribution in [2.75, 3.05) is 0 Å². The molecule has 0 spiro atoms. The molecule has 1 aromatic carbocycles. The van der Waals surface area contributed by atoms with E-state index in [1.54, 1.807) is 29.1 Å². The van der Waals surface area contributed by atoms with Gasteiger partial charge in [-0.2, -0.15) is 0 Å². The molecule has 0 aliphatic rings. The van der Waals surface area contributed by atoms with Crippen molar-refractivity contribution in [1.29, 1.82) is 0 Å². The highest BCUT2D eigenvalue weighted by molar-refractivity contribution is 5.45. The Morgan fingerprint density at radius 3 is 2.88 bits per heavy atom. The molecule has 0 saturated carbocycles. The molecule has 1 heterocycles. The van der Waals surface area contributed by atoms with Crippen molar-refractivity contribution in [2.24, 2.45) is 5.73 Å². The second-order valence-corrected chi connectivity index (χ2v) is 3.81. The zero-order valence-electron chi connectivity index (χ0n) is 9.04. The van der Waals surface area contributed by atoms with Gasteiger partial charge in [0.25, 0.3) is 0 Å². The zero-order chi connectivity index (χ0) is 11.5. The largest absolute Gasteiger partial charge is 0.506 e. The van der Waals surface area contributed by atoms with Gasteiger partial charge >= 0.3 is 0 Å². The summed E-state index contributed by atoms with van der Waals surface area (Å²) in [7, 11) is 0. The number of nitrogens with zero attached hydrogens (tertiary/aromatic N) is 3. The smallest absolute Gasteiger partial charge is 0.141 e. The summed E-state index contributed by atoms with van der Waals surface area (Å²) in [6.07, 6.45) is 2.33. The lowest BCUT2D eigenvalue weighted by molar-refractivity contribution is 0.468. The van der Waals surface area contributed by atoms with E-state index in [1.807, 2.05) is 13.0 Å². The van der Waals surface area contributed by atoms with E-state index in [4.69, 9.17) is 5.73 Å². The molecule has 5 heteroatoms. The van der Waals surface area contributed by atoms with Crippen molar-refractivity contribution in [3.63, 3.8) is 0 Å². The van der Waals surface area contributed by atoms with Crippen LogP contribution in [0.3, 0.4) is 0 Å². The van der Waals surface area contributed by atoms with Crippen molar-refractivity contribution >= 4 is 0 Å². The second-order valence-electron chi connectivity index (χ2n) is 3.81. The Kier molecular flexibility index (Phi) is 2.87. The summed E-state index contributed by atoms with van der Waals surface area (Å²) in [5, 5.41) is 17.5. The quantitative estimate of drug-likeness (QED) is 0.801. The standard InChI is InChI=1S/C11H14N4O/c1-8(12)6-9-7-13-14-15(9)10-4-2-3-5-11(10)16/h2-5,7-8,16H,6,12H2,1H3. The molecule has 0 saturated heterocycles. The highest BCUT2D eigenvalue weighted by Gasteiger charge is 2.10. The predicted octanol–water partition coefficient (Wildman–Crippen LogP) is 0.863. The van der Waals surface area contributed by atoms with Gasteiger partial charge in [0.15, 0.2) is 0 Å². The van der Waals surface area contributed by atoms with Gasteiger partial charge in [0.2, 0.25) is 0 Å². The molecule has 0 fully saturated rings. The molecular weight excluding hydrogens is 204 g/mol. The van der Waals surface area contributed by atoms with Crippen LogP contribution in [0.25, 0.3) is 5.69 Å². The summed E-state index contributed by atoms with van der Waals surface area (Å²) in [5.41, 5.74) is 7.24. The van der Waals surface area contributed by atoms with Crippen LogP contribution < -0.4 is 5.73 Å². The fourth-order valence-corrected chi connectivity index (χ4v) is 1.57. The number of phenols is 1. The number of benzene rings is 1. The van der Waals surface area contributed by atoms with Gasteiger partial charge in [-0.1, -0.05) is 17.3 Å². The van der Waals surface area contributed by atoms with E-state index in [0.717, 1.165) is 5.69 Å². The maximum absolute atomic E-state index is 9.72. The first-order valence-corrected chi connectivity index (χ1v) is 5.12. The number of phenolic OH excluding ortho intramolecular Hbond substituents is 1. The number of para-hydroxylation sites is 2. The van der Waals surface area contributed by atoms with Gasteiger partial charge in [0.1, 0.15) is 11.4 Å². The minimum Gasteiger partial charge on any atom is -0.506 e. The van der Waals surface area contributed by atoms with Crippen LogP contribution in [0.1, 0.15) is 12.6 Å². The molecular formula is C11H14N4O. The summed E-state index contributed by atoms with van der Waals surface area (Å²) in [5.74, 6) is 0.180. The molecule has 2 rings (SSSR count). The van der Waals surface area contributed by atoms with E-state index in [9.17, 15) is 5.11 Å². The monoisotopic (exact) mass is 218 g/mol. The Morgan fingerprint density at radius 2 is 2.19 bits per heavy atom. The van der Waals surface area contributed by atoms with Crippen LogP contribution in [0.4, 0.5) is 0 Å². The first-order chi connectivity index (χ1) is 7.68. The second kappa shape index (κ2) is 4.32. The van der Waals surface area contributed by atoms with Gasteiger partial charge < -0.3 is 10.8 Å².